The van der Waals surface area contributed by atoms with Gasteiger partial charge in [0, 0.05) is 19.2 Å². The van der Waals surface area contributed by atoms with Crippen LogP contribution in [0.15, 0.2) is 12.3 Å². The van der Waals surface area contributed by atoms with Crippen LogP contribution < -0.4 is 10.6 Å². The van der Waals surface area contributed by atoms with Gasteiger partial charge in [0.2, 0.25) is 0 Å². The van der Waals surface area contributed by atoms with Gasteiger partial charge in [0.15, 0.2) is 0 Å². The fourth-order valence-electron chi connectivity index (χ4n) is 1.33. The van der Waals surface area contributed by atoms with E-state index in [1.807, 2.05) is 18.7 Å². The zero-order chi connectivity index (χ0) is 11.4. The summed E-state index contributed by atoms with van der Waals surface area (Å²) in [6.45, 7) is 5.56. The number of nitrogens with two attached hydrogens (primary N) is 1. The Bertz CT molecular complexity index is 363. The number of aromatic nitrogens is 1. The summed E-state index contributed by atoms with van der Waals surface area (Å²) in [6, 6.07) is 1.53. The fraction of sp³-hybridized carbons (Fsp3) is 0.444. The number of rotatable bonds is 4. The zero-order valence-electron chi connectivity index (χ0n) is 8.80. The van der Waals surface area contributed by atoms with Crippen LogP contribution in [0.1, 0.15) is 13.8 Å². The molecule has 0 amide bonds. The molecule has 2 N–H and O–H groups in total. The van der Waals surface area contributed by atoms with Crippen LogP contribution in [0.4, 0.5) is 17.2 Å². The Morgan fingerprint density at radius 2 is 2.13 bits per heavy atom. The van der Waals surface area contributed by atoms with Crippen molar-refractivity contribution in [3.8, 4) is 0 Å². The number of anilines is 2. The molecular formula is C9H14N4O2. The molecule has 0 radical (unpaired) electrons. The van der Waals surface area contributed by atoms with Crippen LogP contribution in [0.5, 0.6) is 0 Å². The van der Waals surface area contributed by atoms with Gasteiger partial charge in [0.25, 0.3) is 0 Å². The fourth-order valence-corrected chi connectivity index (χ4v) is 1.33. The predicted octanol–water partition coefficient (Wildman–Crippen LogP) is 1.42. The molecule has 0 saturated carbocycles. The monoisotopic (exact) mass is 210 g/mol. The molecule has 0 bridgehead atoms. The van der Waals surface area contributed by atoms with Crippen molar-refractivity contribution >= 4 is 17.2 Å². The lowest BCUT2D eigenvalue weighted by molar-refractivity contribution is -0.384. The summed E-state index contributed by atoms with van der Waals surface area (Å²) < 4.78 is 0. The van der Waals surface area contributed by atoms with E-state index in [0.717, 1.165) is 13.1 Å². The Balaban J connectivity index is 3.05. The third kappa shape index (κ3) is 2.34. The van der Waals surface area contributed by atoms with E-state index in [2.05, 4.69) is 4.98 Å². The second-order valence-corrected chi connectivity index (χ2v) is 3.03. The molecule has 0 spiro atoms. The standard InChI is InChI=1S/C9H14N4O2/c1-3-12(4-2)9-5-7(10)8(6-11-9)13(14)15/h5-6H,3-4H2,1-2H3,(H2,10,11). The average molecular weight is 210 g/mol. The maximum Gasteiger partial charge on any atom is 0.310 e. The lowest BCUT2D eigenvalue weighted by atomic mass is 10.3. The van der Waals surface area contributed by atoms with E-state index in [1.54, 1.807) is 0 Å². The van der Waals surface area contributed by atoms with E-state index >= 15 is 0 Å². The van der Waals surface area contributed by atoms with Gasteiger partial charge < -0.3 is 10.6 Å². The first-order valence-electron chi connectivity index (χ1n) is 4.75. The van der Waals surface area contributed by atoms with Crippen molar-refractivity contribution in [2.45, 2.75) is 13.8 Å². The molecule has 0 aliphatic rings. The van der Waals surface area contributed by atoms with E-state index in [-0.39, 0.29) is 11.4 Å². The maximum absolute atomic E-state index is 10.5. The van der Waals surface area contributed by atoms with Crippen molar-refractivity contribution in [3.05, 3.63) is 22.4 Å². The van der Waals surface area contributed by atoms with E-state index < -0.39 is 4.92 Å². The number of hydrogen-bond donors (Lipinski definition) is 1. The van der Waals surface area contributed by atoms with Gasteiger partial charge in [0.1, 0.15) is 17.7 Å². The lowest BCUT2D eigenvalue weighted by Gasteiger charge is -2.19. The highest BCUT2D eigenvalue weighted by molar-refractivity contribution is 5.62. The zero-order valence-corrected chi connectivity index (χ0v) is 8.80. The first-order valence-corrected chi connectivity index (χ1v) is 4.75. The van der Waals surface area contributed by atoms with Crippen LogP contribution in [0.2, 0.25) is 0 Å². The molecule has 0 fully saturated rings. The minimum atomic E-state index is -0.533. The van der Waals surface area contributed by atoms with Gasteiger partial charge in [-0.15, -0.1) is 0 Å². The highest BCUT2D eigenvalue weighted by Gasteiger charge is 2.14. The molecule has 6 nitrogen and oxygen atoms in total. The molecule has 1 aromatic heterocycles. The van der Waals surface area contributed by atoms with E-state index in [9.17, 15) is 10.1 Å². The molecular weight excluding hydrogens is 196 g/mol. The Morgan fingerprint density at radius 1 is 1.53 bits per heavy atom. The minimum Gasteiger partial charge on any atom is -0.393 e. The molecule has 1 heterocycles. The summed E-state index contributed by atoms with van der Waals surface area (Å²) in [5.41, 5.74) is 5.56. The highest BCUT2D eigenvalue weighted by atomic mass is 16.6. The van der Waals surface area contributed by atoms with Crippen LogP contribution in [0.3, 0.4) is 0 Å². The SMILES string of the molecule is CCN(CC)c1cc(N)c([N+](=O)[O-])cn1. The molecule has 0 atom stereocenters. The maximum atomic E-state index is 10.5. The van der Waals surface area contributed by atoms with Crippen molar-refractivity contribution in [2.75, 3.05) is 23.7 Å². The Kier molecular flexibility index (Phi) is 3.43. The second-order valence-electron chi connectivity index (χ2n) is 3.03. The van der Waals surface area contributed by atoms with E-state index in [0.29, 0.717) is 5.82 Å². The molecule has 0 saturated heterocycles. The largest absolute Gasteiger partial charge is 0.393 e. The quantitative estimate of drug-likeness (QED) is 0.600. The molecule has 1 rings (SSSR count). The topological polar surface area (TPSA) is 85.3 Å². The van der Waals surface area contributed by atoms with Crippen molar-refractivity contribution in [1.82, 2.24) is 4.98 Å². The van der Waals surface area contributed by atoms with E-state index in [1.165, 1.54) is 12.3 Å². The van der Waals surface area contributed by atoms with Crippen molar-refractivity contribution in [1.29, 1.82) is 0 Å². The summed E-state index contributed by atoms with van der Waals surface area (Å²) in [4.78, 5) is 16.0. The number of pyridine rings is 1. The minimum absolute atomic E-state index is 0.147. The Labute approximate surface area is 87.9 Å². The van der Waals surface area contributed by atoms with Crippen LogP contribution in [0.25, 0.3) is 0 Å². The first kappa shape index (κ1) is 11.2. The molecule has 15 heavy (non-hydrogen) atoms. The van der Waals surface area contributed by atoms with Crippen LogP contribution in [-0.4, -0.2) is 23.0 Å². The molecule has 0 aromatic carbocycles. The molecule has 82 valence electrons. The van der Waals surface area contributed by atoms with Gasteiger partial charge in [-0.1, -0.05) is 0 Å². The number of nitro groups is 1. The summed E-state index contributed by atoms with van der Waals surface area (Å²) in [6.07, 6.45) is 1.20. The Morgan fingerprint density at radius 3 is 2.53 bits per heavy atom. The van der Waals surface area contributed by atoms with Gasteiger partial charge in [0.05, 0.1) is 4.92 Å². The van der Waals surface area contributed by atoms with Crippen molar-refractivity contribution < 1.29 is 4.92 Å². The van der Waals surface area contributed by atoms with Gasteiger partial charge >= 0.3 is 5.69 Å². The molecule has 1 aromatic rings. The number of nitrogen functional groups attached to an aromatic ring is 1. The summed E-state index contributed by atoms with van der Waals surface area (Å²) in [5.74, 6) is 0.670. The van der Waals surface area contributed by atoms with Gasteiger partial charge in [-0.3, -0.25) is 10.1 Å². The first-order chi connectivity index (χ1) is 7.10. The second kappa shape index (κ2) is 4.59. The van der Waals surface area contributed by atoms with Gasteiger partial charge in [-0.25, -0.2) is 4.98 Å². The van der Waals surface area contributed by atoms with E-state index in [4.69, 9.17) is 5.73 Å². The highest BCUT2D eigenvalue weighted by Crippen LogP contribution is 2.23. The average Bonchev–Trinajstić information content (AvgIpc) is 2.19. The molecule has 0 aliphatic heterocycles. The number of nitrogens with zero attached hydrogens (tertiary/aromatic N) is 3. The third-order valence-electron chi connectivity index (χ3n) is 2.18. The lowest BCUT2D eigenvalue weighted by Crippen LogP contribution is -2.23. The number of hydrogen-bond acceptors (Lipinski definition) is 5. The smallest absolute Gasteiger partial charge is 0.310 e. The molecule has 0 unspecified atom stereocenters. The normalized spacial score (nSPS) is 10.0. The van der Waals surface area contributed by atoms with Crippen LogP contribution in [-0.2, 0) is 0 Å². The van der Waals surface area contributed by atoms with Gasteiger partial charge in [-0.2, -0.15) is 0 Å². The van der Waals surface area contributed by atoms with Gasteiger partial charge in [-0.05, 0) is 13.8 Å². The molecule has 0 aliphatic carbocycles. The van der Waals surface area contributed by atoms with Crippen molar-refractivity contribution in [3.63, 3.8) is 0 Å². The van der Waals surface area contributed by atoms with Crippen LogP contribution >= 0.6 is 0 Å². The predicted molar refractivity (Wildman–Crippen MR) is 58.9 cm³/mol. The van der Waals surface area contributed by atoms with Crippen molar-refractivity contribution in [2.24, 2.45) is 0 Å². The summed E-state index contributed by atoms with van der Waals surface area (Å²) >= 11 is 0. The molecule has 6 heteroatoms. The van der Waals surface area contributed by atoms with Crippen LogP contribution in [0, 0.1) is 10.1 Å². The third-order valence-corrected chi connectivity index (χ3v) is 2.18. The Hall–Kier alpha value is -1.85. The summed E-state index contributed by atoms with van der Waals surface area (Å²) in [7, 11) is 0. The summed E-state index contributed by atoms with van der Waals surface area (Å²) in [5, 5.41) is 10.5.